The lowest BCUT2D eigenvalue weighted by atomic mass is 9.83. The van der Waals surface area contributed by atoms with Crippen LogP contribution in [0.5, 0.6) is 11.5 Å². The van der Waals surface area contributed by atoms with Gasteiger partial charge in [-0.15, -0.1) is 0 Å². The van der Waals surface area contributed by atoms with E-state index in [1.807, 2.05) is 48.5 Å². The highest BCUT2D eigenvalue weighted by atomic mass is 127. The van der Waals surface area contributed by atoms with Gasteiger partial charge in [-0.2, -0.15) is 0 Å². The van der Waals surface area contributed by atoms with E-state index in [1.54, 1.807) is 0 Å². The number of benzene rings is 2. The average molecular weight is 544 g/mol. The summed E-state index contributed by atoms with van der Waals surface area (Å²) in [6, 6.07) is 16.7. The van der Waals surface area contributed by atoms with E-state index in [-0.39, 0.29) is 11.9 Å². The van der Waals surface area contributed by atoms with Gasteiger partial charge in [-0.1, -0.05) is 78.3 Å². The largest absolute Gasteiger partial charge is 0.457 e. The molecule has 32 heavy (non-hydrogen) atoms. The molecule has 2 fully saturated rings. The standard InChI is InChI=1S/C27H33IN2O2/c1-19(20-9-3-2-4-10-20)30-17-15-21(16-18-30)29-26(31)27(28)22-11-5-7-13-24(22)32-25-14-8-6-12-23(25)27/h5-8,11-14,19-21H,2-4,9-10,15-18H2,1H3,(H,29,31). The molecule has 1 saturated carbocycles. The molecular weight excluding hydrogens is 511 g/mol. The van der Waals surface area contributed by atoms with Gasteiger partial charge in [0.25, 0.3) is 0 Å². The Morgan fingerprint density at radius 3 is 2.12 bits per heavy atom. The fraction of sp³-hybridized carbons (Fsp3) is 0.519. The fourth-order valence-electron chi connectivity index (χ4n) is 5.84. The predicted octanol–water partition coefficient (Wildman–Crippen LogP) is 6.02. The lowest BCUT2D eigenvalue weighted by Gasteiger charge is -2.41. The van der Waals surface area contributed by atoms with E-state index in [4.69, 9.17) is 4.74 Å². The Bertz CT molecular complexity index is 918. The number of alkyl halides is 1. The number of hydrogen-bond donors (Lipinski definition) is 1. The summed E-state index contributed by atoms with van der Waals surface area (Å²) >= 11 is 2.34. The number of carbonyl (C=O) groups is 1. The molecule has 1 amide bonds. The molecule has 1 saturated heterocycles. The van der Waals surface area contributed by atoms with Gasteiger partial charge in [0.1, 0.15) is 11.5 Å². The molecule has 1 unspecified atom stereocenters. The second-order valence-electron chi connectivity index (χ2n) is 9.68. The molecule has 1 atom stereocenters. The Labute approximate surface area is 205 Å². The van der Waals surface area contributed by atoms with Crippen molar-refractivity contribution in [1.29, 1.82) is 0 Å². The normalized spacial score (nSPS) is 22.3. The van der Waals surface area contributed by atoms with E-state index < -0.39 is 3.42 Å². The second kappa shape index (κ2) is 9.34. The maximum absolute atomic E-state index is 13.8. The molecule has 0 aromatic heterocycles. The van der Waals surface area contributed by atoms with E-state index in [2.05, 4.69) is 39.7 Å². The number of fused-ring (bicyclic) bond motifs is 2. The van der Waals surface area contributed by atoms with Crippen molar-refractivity contribution in [3.05, 3.63) is 59.7 Å². The SMILES string of the molecule is CC(C1CCCCC1)N1CCC(NC(=O)C2(I)c3ccccc3Oc3ccccc32)CC1. The number of nitrogens with one attached hydrogen (secondary N) is 1. The van der Waals surface area contributed by atoms with Gasteiger partial charge in [-0.3, -0.25) is 4.79 Å². The van der Waals surface area contributed by atoms with Crippen LogP contribution in [0.2, 0.25) is 0 Å². The maximum Gasteiger partial charge on any atom is 0.245 e. The molecule has 2 aromatic carbocycles. The quantitative estimate of drug-likeness (QED) is 0.378. The van der Waals surface area contributed by atoms with Crippen molar-refractivity contribution in [1.82, 2.24) is 10.2 Å². The first-order chi connectivity index (χ1) is 15.6. The molecule has 4 nitrogen and oxygen atoms in total. The monoisotopic (exact) mass is 544 g/mol. The maximum atomic E-state index is 13.8. The molecule has 1 N–H and O–H groups in total. The number of amides is 1. The highest BCUT2D eigenvalue weighted by molar-refractivity contribution is 14.1. The van der Waals surface area contributed by atoms with Gasteiger partial charge in [0.15, 0.2) is 3.42 Å². The number of hydrogen-bond acceptors (Lipinski definition) is 3. The van der Waals surface area contributed by atoms with Crippen LogP contribution < -0.4 is 10.1 Å². The molecule has 2 aromatic rings. The summed E-state index contributed by atoms with van der Waals surface area (Å²) in [5.74, 6) is 2.46. The van der Waals surface area contributed by atoms with Gasteiger partial charge in [-0.25, -0.2) is 0 Å². The molecule has 2 aliphatic heterocycles. The molecule has 5 heteroatoms. The van der Waals surface area contributed by atoms with Gasteiger partial charge < -0.3 is 15.0 Å². The predicted molar refractivity (Wildman–Crippen MR) is 137 cm³/mol. The van der Waals surface area contributed by atoms with Gasteiger partial charge in [0.05, 0.1) is 0 Å². The summed E-state index contributed by atoms with van der Waals surface area (Å²) in [7, 11) is 0. The first kappa shape index (κ1) is 22.2. The van der Waals surface area contributed by atoms with Crippen LogP contribution in [0, 0.1) is 5.92 Å². The van der Waals surface area contributed by atoms with Crippen LogP contribution in [-0.2, 0) is 8.22 Å². The van der Waals surface area contributed by atoms with Crippen LogP contribution >= 0.6 is 22.6 Å². The summed E-state index contributed by atoms with van der Waals surface area (Å²) in [5, 5.41) is 3.42. The number of piperidine rings is 1. The lowest BCUT2D eigenvalue weighted by molar-refractivity contribution is -0.123. The molecule has 0 radical (unpaired) electrons. The van der Waals surface area contributed by atoms with Gasteiger partial charge in [0.2, 0.25) is 5.91 Å². The first-order valence-corrected chi connectivity index (χ1v) is 13.3. The Balaban J connectivity index is 1.29. The third-order valence-corrected chi connectivity index (χ3v) is 9.47. The number of likely N-dealkylation sites (tertiary alicyclic amines) is 1. The smallest absolute Gasteiger partial charge is 0.245 e. The van der Waals surface area contributed by atoms with Crippen molar-refractivity contribution in [3.8, 4) is 11.5 Å². The summed E-state index contributed by atoms with van der Waals surface area (Å²) in [6.07, 6.45) is 9.02. The van der Waals surface area contributed by atoms with Crippen molar-refractivity contribution in [3.63, 3.8) is 0 Å². The van der Waals surface area contributed by atoms with Crippen LogP contribution in [0.15, 0.2) is 48.5 Å². The second-order valence-corrected chi connectivity index (χ2v) is 11.3. The highest BCUT2D eigenvalue weighted by Crippen LogP contribution is 2.52. The number of nitrogens with zero attached hydrogens (tertiary/aromatic N) is 1. The molecule has 3 aliphatic rings. The number of rotatable bonds is 4. The Hall–Kier alpha value is -1.60. The molecule has 170 valence electrons. The van der Waals surface area contributed by atoms with Gasteiger partial charge in [0, 0.05) is 36.3 Å². The van der Waals surface area contributed by atoms with Crippen molar-refractivity contribution >= 4 is 28.5 Å². The van der Waals surface area contributed by atoms with E-state index in [9.17, 15) is 4.79 Å². The van der Waals surface area contributed by atoms with E-state index >= 15 is 0 Å². The average Bonchev–Trinajstić information content (AvgIpc) is 2.85. The molecule has 0 spiro atoms. The van der Waals surface area contributed by atoms with Crippen LogP contribution in [0.3, 0.4) is 0 Å². The highest BCUT2D eigenvalue weighted by Gasteiger charge is 2.47. The van der Waals surface area contributed by atoms with Crippen molar-refractivity contribution in [2.75, 3.05) is 13.1 Å². The third kappa shape index (κ3) is 4.07. The van der Waals surface area contributed by atoms with Crippen LogP contribution in [0.25, 0.3) is 0 Å². The zero-order chi connectivity index (χ0) is 22.1. The summed E-state index contributed by atoms with van der Waals surface area (Å²) in [4.78, 5) is 16.5. The lowest BCUT2D eigenvalue weighted by Crippen LogP contribution is -2.52. The summed E-state index contributed by atoms with van der Waals surface area (Å²) in [5.41, 5.74) is 1.86. The zero-order valence-corrected chi connectivity index (χ0v) is 21.0. The van der Waals surface area contributed by atoms with E-state index in [1.165, 1.54) is 32.1 Å². The van der Waals surface area contributed by atoms with Crippen molar-refractivity contribution in [2.45, 2.75) is 67.4 Å². The van der Waals surface area contributed by atoms with Crippen molar-refractivity contribution < 1.29 is 9.53 Å². The molecule has 5 rings (SSSR count). The number of carbonyl (C=O) groups excluding carboxylic acids is 1. The Kier molecular flexibility index (Phi) is 6.48. The number of para-hydroxylation sites is 2. The van der Waals surface area contributed by atoms with Crippen molar-refractivity contribution in [2.24, 2.45) is 5.92 Å². The number of ether oxygens (including phenoxy) is 1. The fourth-order valence-corrected chi connectivity index (χ4v) is 6.89. The van der Waals surface area contributed by atoms with E-state index in [0.717, 1.165) is 54.5 Å². The summed E-state index contributed by atoms with van der Waals surface area (Å²) < 4.78 is 5.34. The van der Waals surface area contributed by atoms with Crippen LogP contribution in [0.1, 0.15) is 63.0 Å². The Morgan fingerprint density at radius 1 is 0.969 bits per heavy atom. The number of halogens is 1. The molecule has 0 bridgehead atoms. The van der Waals surface area contributed by atoms with Gasteiger partial charge in [-0.05, 0) is 50.7 Å². The van der Waals surface area contributed by atoms with Crippen LogP contribution in [-0.4, -0.2) is 36.0 Å². The minimum Gasteiger partial charge on any atom is -0.457 e. The summed E-state index contributed by atoms with van der Waals surface area (Å²) in [6.45, 7) is 4.57. The topological polar surface area (TPSA) is 41.6 Å². The minimum atomic E-state index is -0.782. The Morgan fingerprint density at radius 2 is 1.53 bits per heavy atom. The molecular formula is C27H33IN2O2. The van der Waals surface area contributed by atoms with Gasteiger partial charge >= 0.3 is 0 Å². The third-order valence-electron chi connectivity index (χ3n) is 7.82. The van der Waals surface area contributed by atoms with E-state index in [0.29, 0.717) is 6.04 Å². The minimum absolute atomic E-state index is 0.0695. The molecule has 1 aliphatic carbocycles. The van der Waals surface area contributed by atoms with Crippen LogP contribution in [0.4, 0.5) is 0 Å². The zero-order valence-electron chi connectivity index (χ0n) is 18.9. The molecule has 2 heterocycles. The first-order valence-electron chi connectivity index (χ1n) is 12.2.